The van der Waals surface area contributed by atoms with E-state index in [2.05, 4.69) is 0 Å². The Hall–Kier alpha value is -1.96. The van der Waals surface area contributed by atoms with E-state index in [1.165, 1.54) is 11.3 Å². The first kappa shape index (κ1) is 19.4. The molecule has 146 valence electrons. The summed E-state index contributed by atoms with van der Waals surface area (Å²) in [5, 5.41) is 3.27. The van der Waals surface area contributed by atoms with E-state index >= 15 is 0 Å². The van der Waals surface area contributed by atoms with Gasteiger partial charge in [-0.2, -0.15) is 0 Å². The zero-order valence-electron chi connectivity index (χ0n) is 15.5. The van der Waals surface area contributed by atoms with Gasteiger partial charge in [0, 0.05) is 18.8 Å². The lowest BCUT2D eigenvalue weighted by molar-refractivity contribution is 0.0937. The Balaban J connectivity index is 1.49. The number of ether oxygens (including phenoxy) is 1. The summed E-state index contributed by atoms with van der Waals surface area (Å²) in [7, 11) is 0. The number of thiophene rings is 1. The van der Waals surface area contributed by atoms with Crippen molar-refractivity contribution < 1.29 is 9.53 Å². The van der Waals surface area contributed by atoms with Crippen molar-refractivity contribution in [3.63, 3.8) is 0 Å². The molecular weight excluding hydrogens is 392 g/mol. The minimum atomic E-state index is -0.0155. The first-order chi connectivity index (χ1) is 13.7. The second-order valence-corrected chi connectivity index (χ2v) is 8.82. The lowest BCUT2D eigenvalue weighted by Gasteiger charge is -2.16. The molecule has 0 bridgehead atoms. The molecule has 1 atom stereocenters. The molecule has 1 aliphatic rings. The number of Topliss-reactive ketones (excluding diaryl/α,β-unsaturated/α-hetero) is 1. The smallest absolute Gasteiger partial charge is 0.262 e. The fourth-order valence-corrected chi connectivity index (χ4v) is 5.01. The summed E-state index contributed by atoms with van der Waals surface area (Å²) in [6.07, 6.45) is 3.34. The second kappa shape index (κ2) is 9.03. The largest absolute Gasteiger partial charge is 0.376 e. The van der Waals surface area contributed by atoms with E-state index in [4.69, 9.17) is 9.72 Å². The van der Waals surface area contributed by atoms with Crippen LogP contribution < -0.4 is 5.56 Å². The van der Waals surface area contributed by atoms with Gasteiger partial charge in [0.2, 0.25) is 0 Å². The Kier molecular flexibility index (Phi) is 6.24. The zero-order valence-corrected chi connectivity index (χ0v) is 17.1. The third-order valence-corrected chi connectivity index (χ3v) is 6.79. The summed E-state index contributed by atoms with van der Waals surface area (Å²) in [6.45, 7) is 1.29. The summed E-state index contributed by atoms with van der Waals surface area (Å²) in [4.78, 5) is 30.7. The summed E-state index contributed by atoms with van der Waals surface area (Å²) in [6, 6.07) is 11.2. The number of nitrogens with zero attached hydrogens (tertiary/aromatic N) is 2. The normalized spacial score (nSPS) is 16.6. The molecule has 7 heteroatoms. The minimum absolute atomic E-state index is 0.0155. The molecule has 1 fully saturated rings. The van der Waals surface area contributed by atoms with Crippen molar-refractivity contribution in [1.82, 2.24) is 9.55 Å². The van der Waals surface area contributed by atoms with Crippen LogP contribution in [0.3, 0.4) is 0 Å². The molecule has 0 amide bonds. The van der Waals surface area contributed by atoms with Crippen molar-refractivity contribution in [1.29, 1.82) is 0 Å². The first-order valence-corrected chi connectivity index (χ1v) is 11.4. The van der Waals surface area contributed by atoms with Crippen molar-refractivity contribution in [3.8, 4) is 0 Å². The number of hydrogen-bond donors (Lipinski definition) is 0. The number of ketones is 1. The molecule has 28 heavy (non-hydrogen) atoms. The van der Waals surface area contributed by atoms with Gasteiger partial charge < -0.3 is 4.74 Å². The number of hydrogen-bond acceptors (Lipinski definition) is 6. The van der Waals surface area contributed by atoms with Gasteiger partial charge in [0.05, 0.1) is 28.4 Å². The lowest BCUT2D eigenvalue weighted by atomic mass is 10.2. The molecule has 0 unspecified atom stereocenters. The van der Waals surface area contributed by atoms with Gasteiger partial charge in [-0.1, -0.05) is 30.0 Å². The highest BCUT2D eigenvalue weighted by atomic mass is 32.2. The topological polar surface area (TPSA) is 61.2 Å². The van der Waals surface area contributed by atoms with Crippen molar-refractivity contribution >= 4 is 39.8 Å². The van der Waals surface area contributed by atoms with Crippen LogP contribution in [0.5, 0.6) is 0 Å². The molecule has 0 aliphatic carbocycles. The predicted molar refractivity (Wildman–Crippen MR) is 114 cm³/mol. The molecule has 4 rings (SSSR count). The Morgan fingerprint density at radius 3 is 2.96 bits per heavy atom. The molecule has 0 spiro atoms. The Bertz CT molecular complexity index is 1010. The van der Waals surface area contributed by atoms with Crippen LogP contribution in [-0.2, 0) is 11.3 Å². The molecule has 2 aromatic heterocycles. The van der Waals surface area contributed by atoms with Crippen LogP contribution in [0.4, 0.5) is 0 Å². The minimum Gasteiger partial charge on any atom is -0.376 e. The number of carbonyl (C=O) groups is 1. The van der Waals surface area contributed by atoms with Crippen molar-refractivity contribution in [2.45, 2.75) is 43.5 Å². The average Bonchev–Trinajstić information content (AvgIpc) is 3.42. The summed E-state index contributed by atoms with van der Waals surface area (Å²) in [5.74, 6) is 0.923. The van der Waals surface area contributed by atoms with Gasteiger partial charge in [0.1, 0.15) is 0 Å². The maximum atomic E-state index is 13.0. The van der Waals surface area contributed by atoms with E-state index in [9.17, 15) is 9.59 Å². The lowest BCUT2D eigenvalue weighted by Crippen LogP contribution is -2.28. The monoisotopic (exact) mass is 414 g/mol. The Labute approximate surface area is 171 Å². The maximum Gasteiger partial charge on any atom is 0.262 e. The fourth-order valence-electron chi connectivity index (χ4n) is 3.37. The van der Waals surface area contributed by atoms with Gasteiger partial charge in [0.25, 0.3) is 5.56 Å². The third-order valence-electron chi connectivity index (χ3n) is 4.81. The highest BCUT2D eigenvalue weighted by Crippen LogP contribution is 2.22. The Morgan fingerprint density at radius 1 is 1.29 bits per heavy atom. The van der Waals surface area contributed by atoms with E-state index in [1.807, 2.05) is 41.8 Å². The fraction of sp³-hybridized carbons (Fsp3) is 0.381. The van der Waals surface area contributed by atoms with Crippen molar-refractivity contribution in [2.24, 2.45) is 0 Å². The highest BCUT2D eigenvalue weighted by Gasteiger charge is 2.20. The van der Waals surface area contributed by atoms with Crippen molar-refractivity contribution in [2.75, 3.05) is 12.4 Å². The van der Waals surface area contributed by atoms with Crippen LogP contribution in [0.2, 0.25) is 0 Å². The molecule has 1 saturated heterocycles. The molecule has 0 saturated carbocycles. The molecule has 5 nitrogen and oxygen atoms in total. The highest BCUT2D eigenvalue weighted by molar-refractivity contribution is 7.99. The molecule has 3 aromatic rings. The van der Waals surface area contributed by atoms with Gasteiger partial charge in [-0.15, -0.1) is 11.3 Å². The van der Waals surface area contributed by atoms with Gasteiger partial charge in [-0.3, -0.25) is 14.2 Å². The molecular formula is C21H22N2O3S2. The van der Waals surface area contributed by atoms with E-state index in [0.717, 1.165) is 36.5 Å². The van der Waals surface area contributed by atoms with E-state index in [0.29, 0.717) is 29.0 Å². The third kappa shape index (κ3) is 4.37. The molecule has 1 aliphatic heterocycles. The molecule has 0 N–H and O–H groups in total. The van der Waals surface area contributed by atoms with Crippen LogP contribution in [0, 0.1) is 0 Å². The van der Waals surface area contributed by atoms with E-state index in [1.54, 1.807) is 16.3 Å². The summed E-state index contributed by atoms with van der Waals surface area (Å²) < 4.78 is 7.49. The predicted octanol–water partition coefficient (Wildman–Crippen LogP) is 4.39. The Morgan fingerprint density at radius 2 is 2.18 bits per heavy atom. The SMILES string of the molecule is O=C(CCCSc1nc2ccccc2c(=O)n1C[C@H]1CCCO1)c1cccs1. The number of fused-ring (bicyclic) bond motifs is 1. The van der Waals surface area contributed by atoms with E-state index in [-0.39, 0.29) is 17.4 Å². The average molecular weight is 415 g/mol. The number of rotatable bonds is 8. The van der Waals surface area contributed by atoms with Gasteiger partial charge in [-0.25, -0.2) is 4.98 Å². The summed E-state index contributed by atoms with van der Waals surface area (Å²) >= 11 is 3.03. The maximum absolute atomic E-state index is 13.0. The van der Waals surface area contributed by atoms with Gasteiger partial charge in [-0.05, 0) is 42.8 Å². The number of carbonyl (C=O) groups excluding carboxylic acids is 1. The molecule has 3 heterocycles. The van der Waals surface area contributed by atoms with Crippen LogP contribution >= 0.6 is 23.1 Å². The summed E-state index contributed by atoms with van der Waals surface area (Å²) in [5.41, 5.74) is 0.700. The van der Waals surface area contributed by atoms with Crippen LogP contribution in [-0.4, -0.2) is 33.8 Å². The standard InChI is InChI=1S/C21H22N2O3S2/c24-18(19-10-5-12-27-19)9-4-13-28-21-22-17-8-2-1-7-16(17)20(25)23(21)14-15-6-3-11-26-15/h1-2,5,7-8,10,12,15H,3-4,6,9,11,13-14H2/t15-/m1/s1. The van der Waals surface area contributed by atoms with Crippen LogP contribution in [0.25, 0.3) is 10.9 Å². The van der Waals surface area contributed by atoms with Crippen molar-refractivity contribution in [3.05, 3.63) is 57.0 Å². The zero-order chi connectivity index (χ0) is 19.3. The first-order valence-electron chi connectivity index (χ1n) is 9.53. The quantitative estimate of drug-likeness (QED) is 0.237. The van der Waals surface area contributed by atoms with Gasteiger partial charge >= 0.3 is 0 Å². The van der Waals surface area contributed by atoms with Crippen LogP contribution in [0.1, 0.15) is 35.4 Å². The van der Waals surface area contributed by atoms with Crippen LogP contribution in [0.15, 0.2) is 51.7 Å². The van der Waals surface area contributed by atoms with Gasteiger partial charge in [0.15, 0.2) is 10.9 Å². The van der Waals surface area contributed by atoms with E-state index < -0.39 is 0 Å². The number of aromatic nitrogens is 2. The number of thioether (sulfide) groups is 1. The number of benzene rings is 1. The second-order valence-electron chi connectivity index (χ2n) is 6.81. The molecule has 0 radical (unpaired) electrons. The molecule has 1 aromatic carbocycles. The number of para-hydroxylation sites is 1.